The maximum atomic E-state index is 4.38. The Morgan fingerprint density at radius 3 is 2.72 bits per heavy atom. The number of aryl methyl sites for hydroxylation is 2. The standard InChI is InChI=1S/C12H15Br2N3S/c1-4-17-11(8(13)6-16-17)10(15-3)9-5-7(2)12(14)18-9/h5-6,10,15H,4H2,1-3H3. The number of hydrogen-bond acceptors (Lipinski definition) is 3. The van der Waals surface area contributed by atoms with Crippen molar-refractivity contribution in [2.24, 2.45) is 0 Å². The maximum Gasteiger partial charge on any atom is 0.0851 e. The van der Waals surface area contributed by atoms with Crippen molar-refractivity contribution in [3.8, 4) is 0 Å². The Bertz CT molecular complexity index is 528. The minimum absolute atomic E-state index is 0.164. The molecule has 0 amide bonds. The van der Waals surface area contributed by atoms with Gasteiger partial charge in [-0.3, -0.25) is 4.68 Å². The molecule has 0 saturated heterocycles. The molecule has 0 aliphatic carbocycles. The summed E-state index contributed by atoms with van der Waals surface area (Å²) in [7, 11) is 1.98. The Labute approximate surface area is 128 Å². The molecule has 0 radical (unpaired) electrons. The zero-order valence-electron chi connectivity index (χ0n) is 10.5. The smallest absolute Gasteiger partial charge is 0.0851 e. The molecule has 0 saturated carbocycles. The molecule has 0 aliphatic rings. The van der Waals surface area contributed by atoms with E-state index in [4.69, 9.17) is 0 Å². The van der Waals surface area contributed by atoms with Crippen molar-refractivity contribution >= 4 is 43.2 Å². The average molecular weight is 393 g/mol. The normalized spacial score (nSPS) is 12.9. The van der Waals surface area contributed by atoms with E-state index in [9.17, 15) is 0 Å². The lowest BCUT2D eigenvalue weighted by Gasteiger charge is -2.16. The van der Waals surface area contributed by atoms with Gasteiger partial charge in [0.2, 0.25) is 0 Å². The Balaban J connectivity index is 2.47. The molecule has 0 bridgehead atoms. The van der Waals surface area contributed by atoms with Crippen molar-refractivity contribution in [3.05, 3.63) is 36.7 Å². The molecular formula is C12H15Br2N3S. The molecule has 1 N–H and O–H groups in total. The third-order valence-electron chi connectivity index (χ3n) is 2.86. The summed E-state index contributed by atoms with van der Waals surface area (Å²) in [5.74, 6) is 0. The first-order valence-corrected chi connectivity index (χ1v) is 8.13. The van der Waals surface area contributed by atoms with E-state index in [1.165, 1.54) is 19.9 Å². The summed E-state index contributed by atoms with van der Waals surface area (Å²) in [6, 6.07) is 2.38. The number of nitrogens with zero attached hydrogens (tertiary/aromatic N) is 2. The van der Waals surface area contributed by atoms with Crippen LogP contribution in [0.5, 0.6) is 0 Å². The predicted octanol–water partition coefficient (Wildman–Crippen LogP) is 4.11. The van der Waals surface area contributed by atoms with Gasteiger partial charge in [-0.15, -0.1) is 11.3 Å². The Hall–Kier alpha value is -0.170. The lowest BCUT2D eigenvalue weighted by atomic mass is 10.1. The van der Waals surface area contributed by atoms with Crippen LogP contribution in [-0.4, -0.2) is 16.8 Å². The Morgan fingerprint density at radius 2 is 2.22 bits per heavy atom. The lowest BCUT2D eigenvalue weighted by Crippen LogP contribution is -2.21. The summed E-state index contributed by atoms with van der Waals surface area (Å²) < 4.78 is 4.26. The molecule has 3 nitrogen and oxygen atoms in total. The van der Waals surface area contributed by atoms with Gasteiger partial charge in [-0.25, -0.2) is 0 Å². The predicted molar refractivity (Wildman–Crippen MR) is 83.3 cm³/mol. The van der Waals surface area contributed by atoms with Crippen LogP contribution in [0.4, 0.5) is 0 Å². The van der Waals surface area contributed by atoms with E-state index in [1.54, 1.807) is 11.3 Å². The van der Waals surface area contributed by atoms with Crippen LogP contribution in [-0.2, 0) is 6.54 Å². The molecule has 98 valence electrons. The van der Waals surface area contributed by atoms with Gasteiger partial charge in [0, 0.05) is 11.4 Å². The summed E-state index contributed by atoms with van der Waals surface area (Å²) in [4.78, 5) is 1.29. The van der Waals surface area contributed by atoms with E-state index >= 15 is 0 Å². The van der Waals surface area contributed by atoms with Crippen LogP contribution in [0.2, 0.25) is 0 Å². The molecular weight excluding hydrogens is 378 g/mol. The summed E-state index contributed by atoms with van der Waals surface area (Å²) in [6.07, 6.45) is 1.86. The molecule has 1 unspecified atom stereocenters. The molecule has 18 heavy (non-hydrogen) atoms. The highest BCUT2D eigenvalue weighted by Crippen LogP contribution is 2.36. The van der Waals surface area contributed by atoms with E-state index in [1.807, 2.05) is 17.9 Å². The fraction of sp³-hybridized carbons (Fsp3) is 0.417. The summed E-state index contributed by atoms with van der Waals surface area (Å²) in [6.45, 7) is 5.08. The maximum absolute atomic E-state index is 4.38. The minimum atomic E-state index is 0.164. The quantitative estimate of drug-likeness (QED) is 0.848. The SMILES string of the molecule is CCn1ncc(Br)c1C(NC)c1cc(C)c(Br)s1. The second kappa shape index (κ2) is 5.86. The van der Waals surface area contributed by atoms with Gasteiger partial charge in [-0.2, -0.15) is 5.10 Å². The van der Waals surface area contributed by atoms with Gasteiger partial charge in [0.1, 0.15) is 0 Å². The molecule has 1 atom stereocenters. The fourth-order valence-corrected chi connectivity index (χ4v) is 4.16. The van der Waals surface area contributed by atoms with Crippen LogP contribution in [0.1, 0.15) is 29.1 Å². The fourth-order valence-electron chi connectivity index (χ4n) is 1.95. The first-order valence-electron chi connectivity index (χ1n) is 5.72. The molecule has 2 heterocycles. The first kappa shape index (κ1) is 14.2. The third kappa shape index (κ3) is 2.57. The summed E-state index contributed by atoms with van der Waals surface area (Å²) >= 11 is 8.94. The molecule has 0 aromatic carbocycles. The van der Waals surface area contributed by atoms with Crippen molar-refractivity contribution in [2.75, 3.05) is 7.05 Å². The average Bonchev–Trinajstić information content (AvgIpc) is 2.86. The largest absolute Gasteiger partial charge is 0.307 e. The Kier molecular flexibility index (Phi) is 4.64. The molecule has 2 aromatic heterocycles. The van der Waals surface area contributed by atoms with Gasteiger partial charge >= 0.3 is 0 Å². The topological polar surface area (TPSA) is 29.9 Å². The van der Waals surface area contributed by atoms with E-state index in [0.717, 1.165) is 11.0 Å². The lowest BCUT2D eigenvalue weighted by molar-refractivity contribution is 0.566. The van der Waals surface area contributed by atoms with Gasteiger partial charge in [0.25, 0.3) is 0 Å². The number of hydrogen-bond donors (Lipinski definition) is 1. The van der Waals surface area contributed by atoms with Gasteiger partial charge < -0.3 is 5.32 Å². The van der Waals surface area contributed by atoms with Crippen LogP contribution < -0.4 is 5.32 Å². The molecule has 6 heteroatoms. The van der Waals surface area contributed by atoms with Crippen LogP contribution >= 0.6 is 43.2 Å². The third-order valence-corrected chi connectivity index (χ3v) is 5.67. The van der Waals surface area contributed by atoms with Crippen LogP contribution in [0.15, 0.2) is 20.5 Å². The first-order chi connectivity index (χ1) is 8.58. The van der Waals surface area contributed by atoms with Gasteiger partial charge in [0.15, 0.2) is 0 Å². The van der Waals surface area contributed by atoms with Crippen molar-refractivity contribution < 1.29 is 0 Å². The zero-order valence-corrected chi connectivity index (χ0v) is 14.5. The van der Waals surface area contributed by atoms with Crippen LogP contribution in [0, 0.1) is 6.92 Å². The second-order valence-electron chi connectivity index (χ2n) is 4.02. The van der Waals surface area contributed by atoms with Crippen molar-refractivity contribution in [1.82, 2.24) is 15.1 Å². The number of aromatic nitrogens is 2. The van der Waals surface area contributed by atoms with E-state index in [0.29, 0.717) is 0 Å². The van der Waals surface area contributed by atoms with Crippen molar-refractivity contribution in [2.45, 2.75) is 26.4 Å². The summed E-state index contributed by atoms with van der Waals surface area (Å²) in [5.41, 5.74) is 2.45. The molecule has 2 aromatic rings. The summed E-state index contributed by atoms with van der Waals surface area (Å²) in [5, 5.41) is 7.76. The monoisotopic (exact) mass is 391 g/mol. The van der Waals surface area contributed by atoms with Crippen LogP contribution in [0.3, 0.4) is 0 Å². The van der Waals surface area contributed by atoms with Crippen molar-refractivity contribution in [3.63, 3.8) is 0 Å². The molecule has 2 rings (SSSR count). The van der Waals surface area contributed by atoms with E-state index < -0.39 is 0 Å². The van der Waals surface area contributed by atoms with Crippen LogP contribution in [0.25, 0.3) is 0 Å². The Morgan fingerprint density at radius 1 is 1.50 bits per heavy atom. The van der Waals surface area contributed by atoms with E-state index in [-0.39, 0.29) is 6.04 Å². The molecule has 0 fully saturated rings. The number of rotatable bonds is 4. The van der Waals surface area contributed by atoms with Crippen molar-refractivity contribution in [1.29, 1.82) is 0 Å². The highest BCUT2D eigenvalue weighted by Gasteiger charge is 2.22. The zero-order chi connectivity index (χ0) is 13.3. The molecule has 0 spiro atoms. The van der Waals surface area contributed by atoms with Gasteiger partial charge in [-0.05, 0) is 64.4 Å². The van der Waals surface area contributed by atoms with Gasteiger partial charge in [-0.1, -0.05) is 0 Å². The highest BCUT2D eigenvalue weighted by atomic mass is 79.9. The number of nitrogens with one attached hydrogen (secondary N) is 1. The van der Waals surface area contributed by atoms with E-state index in [2.05, 4.69) is 62.2 Å². The number of thiophene rings is 1. The molecule has 0 aliphatic heterocycles. The second-order valence-corrected chi connectivity index (χ2v) is 7.28. The number of halogens is 2. The van der Waals surface area contributed by atoms with Gasteiger partial charge in [0.05, 0.1) is 26.2 Å². The minimum Gasteiger partial charge on any atom is -0.307 e. The highest BCUT2D eigenvalue weighted by molar-refractivity contribution is 9.11.